The molecule has 4 heterocycles. The molecule has 21 heteroatoms. The molecule has 4 N–H and O–H groups in total. The zero-order valence-electron chi connectivity index (χ0n) is 41.7. The van der Waals surface area contributed by atoms with Gasteiger partial charge in [0.2, 0.25) is 17.7 Å². The molecular weight excluding hydrogens is 964 g/mol. The van der Waals surface area contributed by atoms with Gasteiger partial charge in [0.15, 0.2) is 5.13 Å². The molecule has 2 aromatic heterocycles. The quantitative estimate of drug-likeness (QED) is 0.0322. The third kappa shape index (κ3) is 16.3. The van der Waals surface area contributed by atoms with Crippen LogP contribution in [-0.2, 0) is 35.1 Å². The monoisotopic (exact) mass is 1030 g/mol. The van der Waals surface area contributed by atoms with E-state index in [9.17, 15) is 28.8 Å². The normalized spacial score (nSPS) is 14.1. The second kappa shape index (κ2) is 28.4. The number of imide groups is 2. The Morgan fingerprint density at radius 3 is 2.19 bits per heavy atom. The molecule has 0 bridgehead atoms. The molecule has 6 amide bonds. The Morgan fingerprint density at radius 2 is 1.49 bits per heavy atom. The summed E-state index contributed by atoms with van der Waals surface area (Å²) in [5, 5.41) is 12.3. The molecule has 2 aromatic carbocycles. The number of fused-ring (bicyclic) bond motifs is 1. The molecule has 2 aliphatic rings. The number of carbonyl (C=O) groups is 6. The van der Waals surface area contributed by atoms with E-state index in [2.05, 4.69) is 41.0 Å². The van der Waals surface area contributed by atoms with Gasteiger partial charge >= 0.3 is 0 Å². The van der Waals surface area contributed by atoms with Crippen LogP contribution in [0.2, 0.25) is 5.02 Å². The maximum atomic E-state index is 13.2. The summed E-state index contributed by atoms with van der Waals surface area (Å²) in [6, 6.07) is 11.0. The molecule has 2 aliphatic heterocycles. The molecule has 0 aliphatic carbocycles. The average Bonchev–Trinajstić information content (AvgIpc) is 3.94. The van der Waals surface area contributed by atoms with Gasteiger partial charge in [-0.25, -0.2) is 15.0 Å². The molecule has 1 fully saturated rings. The zero-order valence-corrected chi connectivity index (χ0v) is 43.3. The zero-order chi connectivity index (χ0) is 51.4. The highest BCUT2D eigenvalue weighted by Gasteiger charge is 2.42. The summed E-state index contributed by atoms with van der Waals surface area (Å²) < 4.78 is 17.1. The number of aromatic nitrogens is 3. The minimum absolute atomic E-state index is 0.0300. The maximum absolute atomic E-state index is 13.2. The van der Waals surface area contributed by atoms with E-state index in [0.29, 0.717) is 79.3 Å². The van der Waals surface area contributed by atoms with Crippen molar-refractivity contribution in [3.63, 3.8) is 0 Å². The lowest BCUT2D eigenvalue weighted by Gasteiger charge is -2.35. The predicted molar refractivity (Wildman–Crippen MR) is 276 cm³/mol. The molecule has 19 nitrogen and oxygen atoms in total. The Hall–Kier alpha value is -5.90. The molecule has 72 heavy (non-hydrogen) atoms. The van der Waals surface area contributed by atoms with Gasteiger partial charge in [-0.2, -0.15) is 0 Å². The SMILES string of the molecule is CCC(=O)NC(=O)C(C)N1C(=O)c2cccc(NC(=O)CCCCCOCCOCCOCCCCCCN3CCN(c4cc(Nc5ncc(C(=O)NCc6c(C)cccc6Cl)s5)nc(C)n4)CC3)c2C1=O. The number of aryl methyl sites for hydroxylation is 2. The Labute approximate surface area is 430 Å². The highest BCUT2D eigenvalue weighted by molar-refractivity contribution is 7.17. The lowest BCUT2D eigenvalue weighted by Crippen LogP contribution is -2.49. The fourth-order valence-corrected chi connectivity index (χ4v) is 9.22. The highest BCUT2D eigenvalue weighted by Crippen LogP contribution is 2.31. The van der Waals surface area contributed by atoms with Gasteiger partial charge in [0.05, 0.1) is 49.4 Å². The van der Waals surface area contributed by atoms with E-state index >= 15 is 0 Å². The number of rotatable bonds is 29. The first-order valence-corrected chi connectivity index (χ1v) is 26.0. The number of carbonyl (C=O) groups excluding carboxylic acids is 6. The van der Waals surface area contributed by atoms with Crippen LogP contribution in [0.1, 0.15) is 119 Å². The van der Waals surface area contributed by atoms with Gasteiger partial charge in [0, 0.05) is 69.9 Å². The molecule has 6 rings (SSSR count). The van der Waals surface area contributed by atoms with Gasteiger partial charge < -0.3 is 35.1 Å². The van der Waals surface area contributed by atoms with Crippen LogP contribution in [0.5, 0.6) is 0 Å². The van der Waals surface area contributed by atoms with Gasteiger partial charge in [0.1, 0.15) is 28.4 Å². The van der Waals surface area contributed by atoms with Crippen LogP contribution >= 0.6 is 22.9 Å². The topological polar surface area (TPSA) is 227 Å². The molecule has 4 aromatic rings. The molecule has 1 saturated heterocycles. The largest absolute Gasteiger partial charge is 0.379 e. The molecule has 388 valence electrons. The molecule has 0 saturated carbocycles. The Kier molecular flexibility index (Phi) is 21.8. The number of hydrogen-bond acceptors (Lipinski definition) is 16. The number of benzene rings is 2. The average molecular weight is 1030 g/mol. The number of unbranched alkanes of at least 4 members (excludes halogenated alkanes) is 5. The lowest BCUT2D eigenvalue weighted by molar-refractivity contribution is -0.132. The van der Waals surface area contributed by atoms with Crippen LogP contribution in [0.3, 0.4) is 0 Å². The number of thiazole rings is 1. The molecule has 0 radical (unpaired) electrons. The number of nitrogens with zero attached hydrogens (tertiary/aromatic N) is 6. The Morgan fingerprint density at radius 1 is 0.806 bits per heavy atom. The van der Waals surface area contributed by atoms with Crippen molar-refractivity contribution in [1.82, 2.24) is 35.4 Å². The third-order valence-electron chi connectivity index (χ3n) is 12.3. The number of amides is 6. The van der Waals surface area contributed by atoms with E-state index in [1.165, 1.54) is 24.3 Å². The van der Waals surface area contributed by atoms with E-state index < -0.39 is 29.7 Å². The minimum atomic E-state index is -1.21. The van der Waals surface area contributed by atoms with Crippen LogP contribution in [0.4, 0.5) is 22.5 Å². The number of nitrogens with one attached hydrogen (secondary N) is 4. The van der Waals surface area contributed by atoms with Crippen molar-refractivity contribution in [1.29, 1.82) is 0 Å². The van der Waals surface area contributed by atoms with E-state index in [-0.39, 0.29) is 41.5 Å². The molecule has 0 spiro atoms. The number of hydrogen-bond donors (Lipinski definition) is 4. The third-order valence-corrected chi connectivity index (χ3v) is 13.6. The van der Waals surface area contributed by atoms with E-state index in [1.54, 1.807) is 25.3 Å². The summed E-state index contributed by atoms with van der Waals surface area (Å²) in [4.78, 5) is 95.8. The molecular formula is C51H67ClN10O9S. The summed E-state index contributed by atoms with van der Waals surface area (Å²) in [6.07, 6.45) is 8.44. The standard InChI is InChI=1S/C51H67ClN10O9S/c1-5-44(63)59-47(65)35(3)62-49(67)37-16-14-18-40(46(37)50(62)68)57-45(64)19-9-8-12-26-70-28-30-71-29-27-69-25-11-7-6-10-20-60-21-23-61(24-22-60)43-31-42(55-36(4)56-43)58-51-54-33-41(72-51)48(66)53-32-38-34(2)15-13-17-39(38)52/h13-18,31,33,35H,5-12,19-30,32H2,1-4H3,(H,53,66)(H,57,64)(H,59,63,65)(H,54,55,56,58). The van der Waals surface area contributed by atoms with Gasteiger partial charge in [-0.15, -0.1) is 0 Å². The smallest absolute Gasteiger partial charge is 0.264 e. The summed E-state index contributed by atoms with van der Waals surface area (Å²) in [5.41, 5.74) is 2.24. The summed E-state index contributed by atoms with van der Waals surface area (Å²) >= 11 is 7.59. The Balaban J connectivity index is 0.732. The van der Waals surface area contributed by atoms with Crippen LogP contribution in [-0.4, -0.2) is 139 Å². The minimum Gasteiger partial charge on any atom is -0.379 e. The van der Waals surface area contributed by atoms with Gasteiger partial charge in [-0.3, -0.25) is 43.9 Å². The summed E-state index contributed by atoms with van der Waals surface area (Å²) in [5.74, 6) is -0.978. The second-order valence-corrected chi connectivity index (χ2v) is 19.1. The van der Waals surface area contributed by atoms with E-state index in [1.807, 2.05) is 38.1 Å². The fraction of sp³-hybridized carbons (Fsp3) is 0.510. The Bertz CT molecular complexity index is 2480. The van der Waals surface area contributed by atoms with Crippen LogP contribution < -0.4 is 26.2 Å². The van der Waals surface area contributed by atoms with Crippen molar-refractivity contribution in [3.8, 4) is 0 Å². The molecule has 1 atom stereocenters. The predicted octanol–water partition coefficient (Wildman–Crippen LogP) is 6.85. The maximum Gasteiger partial charge on any atom is 0.264 e. The van der Waals surface area contributed by atoms with Crippen LogP contribution in [0.15, 0.2) is 48.7 Å². The van der Waals surface area contributed by atoms with Gasteiger partial charge in [0.25, 0.3) is 17.7 Å². The number of anilines is 4. The second-order valence-electron chi connectivity index (χ2n) is 17.6. The number of halogens is 1. The lowest BCUT2D eigenvalue weighted by atomic mass is 10.1. The first-order chi connectivity index (χ1) is 34.8. The first-order valence-electron chi connectivity index (χ1n) is 24.8. The van der Waals surface area contributed by atoms with Gasteiger partial charge in [-0.1, -0.05) is 67.3 Å². The van der Waals surface area contributed by atoms with E-state index in [4.69, 9.17) is 30.8 Å². The van der Waals surface area contributed by atoms with Crippen molar-refractivity contribution in [2.75, 3.05) is 87.9 Å². The fourth-order valence-electron chi connectivity index (χ4n) is 8.19. The summed E-state index contributed by atoms with van der Waals surface area (Å²) in [6.45, 7) is 15.1. The summed E-state index contributed by atoms with van der Waals surface area (Å²) in [7, 11) is 0. The highest BCUT2D eigenvalue weighted by atomic mass is 35.5. The van der Waals surface area contributed by atoms with Crippen molar-refractivity contribution in [2.45, 2.75) is 98.1 Å². The van der Waals surface area contributed by atoms with E-state index in [0.717, 1.165) is 93.1 Å². The van der Waals surface area contributed by atoms with Crippen LogP contribution in [0, 0.1) is 13.8 Å². The van der Waals surface area contributed by atoms with Crippen molar-refractivity contribution in [3.05, 3.63) is 86.6 Å². The number of ether oxygens (including phenoxy) is 3. The van der Waals surface area contributed by atoms with Crippen molar-refractivity contribution in [2.24, 2.45) is 0 Å². The van der Waals surface area contributed by atoms with Crippen molar-refractivity contribution < 1.29 is 43.0 Å². The molecule has 1 unspecified atom stereocenters. The van der Waals surface area contributed by atoms with Crippen LogP contribution in [0.25, 0.3) is 0 Å². The number of piperazine rings is 1. The van der Waals surface area contributed by atoms with Gasteiger partial charge in [-0.05, 0) is 82.3 Å². The first kappa shape index (κ1) is 55.4. The van der Waals surface area contributed by atoms with Crippen molar-refractivity contribution >= 4 is 80.8 Å².